The molecule has 3 rings (SSSR count). The van der Waals surface area contributed by atoms with Crippen LogP contribution in [0.25, 0.3) is 5.57 Å². The molecule has 0 bridgehead atoms. The van der Waals surface area contributed by atoms with Crippen molar-refractivity contribution in [2.75, 3.05) is 0 Å². The molecule has 0 fully saturated rings. The van der Waals surface area contributed by atoms with Gasteiger partial charge in [-0.15, -0.1) is 0 Å². The summed E-state index contributed by atoms with van der Waals surface area (Å²) in [7, 11) is 0. The molecule has 0 atom stereocenters. The number of para-hydroxylation sites is 1. The fourth-order valence-corrected chi connectivity index (χ4v) is 2.51. The summed E-state index contributed by atoms with van der Waals surface area (Å²) in [5, 5.41) is 0. The zero-order chi connectivity index (χ0) is 15.4. The van der Waals surface area contributed by atoms with E-state index in [1.54, 1.807) is 18.3 Å². The van der Waals surface area contributed by atoms with E-state index in [1.165, 1.54) is 6.42 Å². The summed E-state index contributed by atoms with van der Waals surface area (Å²) in [5.41, 5.74) is 7.49. The van der Waals surface area contributed by atoms with Crippen LogP contribution in [0.2, 0.25) is 0 Å². The number of carbonyl (C=O) groups excluding carboxylic acids is 1. The van der Waals surface area contributed by atoms with Gasteiger partial charge >= 0.3 is 6.01 Å². The fraction of sp³-hybridized carbons (Fsp3) is 0.235. The highest BCUT2D eigenvalue weighted by Crippen LogP contribution is 2.29. The highest BCUT2D eigenvalue weighted by atomic mass is 16.5. The maximum absolute atomic E-state index is 11.7. The Morgan fingerprint density at radius 1 is 1.18 bits per heavy atom. The van der Waals surface area contributed by atoms with Gasteiger partial charge in [0.1, 0.15) is 11.4 Å². The molecular weight excluding hydrogens is 278 g/mol. The molecule has 1 aromatic carbocycles. The van der Waals surface area contributed by atoms with Gasteiger partial charge in [0.2, 0.25) is 0 Å². The van der Waals surface area contributed by atoms with E-state index in [0.29, 0.717) is 11.3 Å². The Labute approximate surface area is 128 Å². The Hall–Kier alpha value is -2.69. The molecular formula is C17H17N3O2. The first kappa shape index (κ1) is 14.3. The number of nitrogens with zero attached hydrogens (tertiary/aromatic N) is 2. The number of carbonyl (C=O) groups is 1. The normalized spacial score (nSPS) is 14.3. The molecule has 0 unspecified atom stereocenters. The van der Waals surface area contributed by atoms with Gasteiger partial charge in [0, 0.05) is 11.8 Å². The van der Waals surface area contributed by atoms with Crippen molar-refractivity contribution in [3.63, 3.8) is 0 Å². The number of hydrogen-bond donors (Lipinski definition) is 1. The van der Waals surface area contributed by atoms with Crippen LogP contribution in [0.3, 0.4) is 0 Å². The number of ether oxygens (including phenoxy) is 1. The van der Waals surface area contributed by atoms with Crippen LogP contribution in [0.15, 0.2) is 42.6 Å². The third-order valence-corrected chi connectivity index (χ3v) is 3.59. The quantitative estimate of drug-likeness (QED) is 0.938. The van der Waals surface area contributed by atoms with E-state index in [4.69, 9.17) is 10.5 Å². The topological polar surface area (TPSA) is 78.1 Å². The van der Waals surface area contributed by atoms with Crippen molar-refractivity contribution in [2.24, 2.45) is 5.73 Å². The van der Waals surface area contributed by atoms with Crippen LogP contribution < -0.4 is 10.5 Å². The third kappa shape index (κ3) is 3.14. The van der Waals surface area contributed by atoms with Gasteiger partial charge in [0.05, 0.1) is 0 Å². The lowest BCUT2D eigenvalue weighted by atomic mass is 9.93. The Kier molecular flexibility index (Phi) is 4.14. The predicted octanol–water partition coefficient (Wildman–Crippen LogP) is 3.33. The number of hydrogen-bond acceptors (Lipinski definition) is 4. The lowest BCUT2D eigenvalue weighted by Gasteiger charge is -2.15. The van der Waals surface area contributed by atoms with Crippen molar-refractivity contribution >= 4 is 11.5 Å². The standard InChI is InChI=1S/C17H17N3O2/c18-16(21)15-14(12-7-3-1-4-8-12)11-19-17(20-15)22-13-9-5-2-6-10-13/h2,5-7,9-11H,1,3-4,8H2,(H2,18,21). The van der Waals surface area contributed by atoms with Crippen molar-refractivity contribution in [3.05, 3.63) is 53.9 Å². The smallest absolute Gasteiger partial charge is 0.322 e. The molecule has 2 N–H and O–H groups in total. The van der Waals surface area contributed by atoms with E-state index in [2.05, 4.69) is 16.0 Å². The molecule has 0 aliphatic heterocycles. The minimum Gasteiger partial charge on any atom is -0.424 e. The number of allylic oxidation sites excluding steroid dienone is 2. The van der Waals surface area contributed by atoms with Crippen molar-refractivity contribution in [1.82, 2.24) is 9.97 Å². The van der Waals surface area contributed by atoms with Crippen LogP contribution >= 0.6 is 0 Å². The van der Waals surface area contributed by atoms with Crippen LogP contribution in [0.1, 0.15) is 41.7 Å². The Balaban J connectivity index is 1.93. The molecule has 1 amide bonds. The highest BCUT2D eigenvalue weighted by molar-refractivity contribution is 5.96. The summed E-state index contributed by atoms with van der Waals surface area (Å²) in [6.07, 6.45) is 7.96. The minimum absolute atomic E-state index is 0.125. The molecule has 0 spiro atoms. The van der Waals surface area contributed by atoms with Crippen LogP contribution in [-0.2, 0) is 0 Å². The van der Waals surface area contributed by atoms with Gasteiger partial charge in [-0.05, 0) is 43.4 Å². The molecule has 22 heavy (non-hydrogen) atoms. The molecule has 1 aliphatic rings. The van der Waals surface area contributed by atoms with E-state index in [9.17, 15) is 4.79 Å². The first-order valence-electron chi connectivity index (χ1n) is 7.33. The molecule has 5 nitrogen and oxygen atoms in total. The zero-order valence-corrected chi connectivity index (χ0v) is 12.2. The summed E-state index contributed by atoms with van der Waals surface area (Å²) in [4.78, 5) is 20.1. The van der Waals surface area contributed by atoms with Crippen molar-refractivity contribution < 1.29 is 9.53 Å². The van der Waals surface area contributed by atoms with Crippen LogP contribution in [0.5, 0.6) is 11.8 Å². The van der Waals surface area contributed by atoms with Gasteiger partial charge in [-0.1, -0.05) is 24.3 Å². The molecule has 0 saturated carbocycles. The van der Waals surface area contributed by atoms with Crippen molar-refractivity contribution in [2.45, 2.75) is 25.7 Å². The van der Waals surface area contributed by atoms with Gasteiger partial charge < -0.3 is 10.5 Å². The first-order chi connectivity index (χ1) is 10.7. The van der Waals surface area contributed by atoms with Crippen LogP contribution in [-0.4, -0.2) is 15.9 Å². The van der Waals surface area contributed by atoms with E-state index in [0.717, 1.165) is 24.8 Å². The largest absolute Gasteiger partial charge is 0.424 e. The summed E-state index contributed by atoms with van der Waals surface area (Å²) in [5.74, 6) is 0.0457. The van der Waals surface area contributed by atoms with E-state index in [1.807, 2.05) is 18.2 Å². The number of benzene rings is 1. The predicted molar refractivity (Wildman–Crippen MR) is 83.5 cm³/mol. The first-order valence-corrected chi connectivity index (χ1v) is 7.33. The maximum Gasteiger partial charge on any atom is 0.322 e. The summed E-state index contributed by atoms with van der Waals surface area (Å²) in [6.45, 7) is 0. The van der Waals surface area contributed by atoms with Gasteiger partial charge in [-0.3, -0.25) is 4.79 Å². The number of amides is 1. The Bertz CT molecular complexity index is 711. The van der Waals surface area contributed by atoms with Gasteiger partial charge in [0.25, 0.3) is 5.91 Å². The average molecular weight is 295 g/mol. The monoisotopic (exact) mass is 295 g/mol. The number of aromatic nitrogens is 2. The van der Waals surface area contributed by atoms with Crippen LogP contribution in [0, 0.1) is 0 Å². The Morgan fingerprint density at radius 3 is 2.68 bits per heavy atom. The van der Waals surface area contributed by atoms with Crippen molar-refractivity contribution in [3.8, 4) is 11.8 Å². The van der Waals surface area contributed by atoms with Crippen molar-refractivity contribution in [1.29, 1.82) is 0 Å². The number of primary amides is 1. The second kappa shape index (κ2) is 6.39. The molecule has 5 heteroatoms. The van der Waals surface area contributed by atoms with Gasteiger partial charge in [-0.2, -0.15) is 4.98 Å². The fourth-order valence-electron chi connectivity index (χ4n) is 2.51. The van der Waals surface area contributed by atoms with E-state index in [-0.39, 0.29) is 11.7 Å². The lowest BCUT2D eigenvalue weighted by molar-refractivity contribution is 0.0994. The lowest BCUT2D eigenvalue weighted by Crippen LogP contribution is -2.17. The van der Waals surface area contributed by atoms with Crippen LogP contribution in [0.4, 0.5) is 0 Å². The summed E-state index contributed by atoms with van der Waals surface area (Å²) < 4.78 is 5.56. The summed E-state index contributed by atoms with van der Waals surface area (Å²) in [6, 6.07) is 9.31. The van der Waals surface area contributed by atoms with Gasteiger partial charge in [-0.25, -0.2) is 4.98 Å². The van der Waals surface area contributed by atoms with E-state index < -0.39 is 5.91 Å². The summed E-state index contributed by atoms with van der Waals surface area (Å²) >= 11 is 0. The highest BCUT2D eigenvalue weighted by Gasteiger charge is 2.17. The molecule has 1 heterocycles. The van der Waals surface area contributed by atoms with E-state index >= 15 is 0 Å². The molecule has 2 aromatic rings. The Morgan fingerprint density at radius 2 is 2.00 bits per heavy atom. The second-order valence-electron chi connectivity index (χ2n) is 5.17. The molecule has 1 aromatic heterocycles. The minimum atomic E-state index is -0.568. The molecule has 0 saturated heterocycles. The third-order valence-electron chi connectivity index (χ3n) is 3.59. The molecule has 1 aliphatic carbocycles. The second-order valence-corrected chi connectivity index (χ2v) is 5.17. The average Bonchev–Trinajstić information content (AvgIpc) is 2.56. The molecule has 112 valence electrons. The number of nitrogens with two attached hydrogens (primary N) is 1. The zero-order valence-electron chi connectivity index (χ0n) is 12.2. The molecule has 0 radical (unpaired) electrons. The van der Waals surface area contributed by atoms with Gasteiger partial charge in [0.15, 0.2) is 0 Å². The SMILES string of the molecule is NC(=O)c1nc(Oc2ccccc2)ncc1C1=CCCCC1. The number of rotatable bonds is 4. The maximum atomic E-state index is 11.7.